The lowest BCUT2D eigenvalue weighted by atomic mass is 10.2. The van der Waals surface area contributed by atoms with E-state index in [1.165, 1.54) is 11.5 Å². The number of ether oxygens (including phenoxy) is 1. The van der Waals surface area contributed by atoms with Gasteiger partial charge in [0.15, 0.2) is 0 Å². The predicted molar refractivity (Wildman–Crippen MR) is 47.1 cm³/mol. The Balaban J connectivity index is 2.22. The van der Waals surface area contributed by atoms with Gasteiger partial charge in [-0.25, -0.2) is 4.37 Å². The van der Waals surface area contributed by atoms with E-state index < -0.39 is 0 Å². The van der Waals surface area contributed by atoms with Crippen LogP contribution in [0.3, 0.4) is 0 Å². The van der Waals surface area contributed by atoms with Crippen molar-refractivity contribution >= 4 is 17.5 Å². The number of esters is 1. The summed E-state index contributed by atoms with van der Waals surface area (Å²) in [6.45, 7) is 2.27. The molecule has 4 heteroatoms. The molecule has 0 saturated carbocycles. The maximum atomic E-state index is 10.9. The molecule has 0 radical (unpaired) electrons. The smallest absolute Gasteiger partial charge is 0.306 e. The van der Waals surface area contributed by atoms with E-state index >= 15 is 0 Å². The molecule has 0 atom stereocenters. The van der Waals surface area contributed by atoms with Crippen LogP contribution in [0.4, 0.5) is 0 Å². The van der Waals surface area contributed by atoms with Crippen LogP contribution in [-0.2, 0) is 16.0 Å². The number of carbonyl (C=O) groups excluding carboxylic acids is 1. The lowest BCUT2D eigenvalue weighted by molar-refractivity contribution is -0.143. The quantitative estimate of drug-likeness (QED) is 0.669. The summed E-state index contributed by atoms with van der Waals surface area (Å²) in [5.74, 6) is -0.135. The number of hydrogen-bond donors (Lipinski definition) is 0. The Bertz CT molecular complexity index is 233. The van der Waals surface area contributed by atoms with Gasteiger partial charge >= 0.3 is 5.97 Å². The van der Waals surface area contributed by atoms with Gasteiger partial charge in [0.05, 0.1) is 6.61 Å². The van der Waals surface area contributed by atoms with Gasteiger partial charge in [-0.1, -0.05) is 0 Å². The summed E-state index contributed by atoms with van der Waals surface area (Å²) >= 11 is 1.40. The molecule has 0 N–H and O–H groups in total. The normalized spacial score (nSPS) is 9.75. The lowest BCUT2D eigenvalue weighted by Gasteiger charge is -1.98. The molecule has 0 amide bonds. The Morgan fingerprint density at radius 2 is 2.58 bits per heavy atom. The van der Waals surface area contributed by atoms with E-state index in [1.807, 2.05) is 12.3 Å². The van der Waals surface area contributed by atoms with E-state index in [-0.39, 0.29) is 5.97 Å². The van der Waals surface area contributed by atoms with Crippen LogP contribution in [0.2, 0.25) is 0 Å². The van der Waals surface area contributed by atoms with Crippen LogP contribution in [0.25, 0.3) is 0 Å². The second-order valence-corrected chi connectivity index (χ2v) is 3.00. The number of aryl methyl sites for hydroxylation is 1. The molecular weight excluding hydrogens is 174 g/mol. The average molecular weight is 185 g/mol. The van der Waals surface area contributed by atoms with Crippen molar-refractivity contribution in [3.8, 4) is 0 Å². The minimum absolute atomic E-state index is 0.135. The topological polar surface area (TPSA) is 39.2 Å². The van der Waals surface area contributed by atoms with Gasteiger partial charge in [-0.05, 0) is 30.4 Å². The Morgan fingerprint density at radius 3 is 3.17 bits per heavy atom. The molecular formula is C8H11NO2S. The molecule has 1 aromatic heterocycles. The van der Waals surface area contributed by atoms with Gasteiger partial charge in [0.25, 0.3) is 0 Å². The van der Waals surface area contributed by atoms with Gasteiger partial charge in [0, 0.05) is 18.0 Å². The fourth-order valence-corrected chi connectivity index (χ4v) is 1.40. The van der Waals surface area contributed by atoms with Crippen LogP contribution in [0.1, 0.15) is 18.9 Å². The molecule has 0 aromatic carbocycles. The fraction of sp³-hybridized carbons (Fsp3) is 0.500. The summed E-state index contributed by atoms with van der Waals surface area (Å²) in [6, 6.07) is 0. The molecule has 0 saturated heterocycles. The third-order valence-electron chi connectivity index (χ3n) is 1.41. The van der Waals surface area contributed by atoms with E-state index in [4.69, 9.17) is 4.74 Å². The summed E-state index contributed by atoms with van der Waals surface area (Å²) < 4.78 is 8.72. The van der Waals surface area contributed by atoms with Crippen molar-refractivity contribution < 1.29 is 9.53 Å². The molecule has 3 nitrogen and oxygen atoms in total. The third kappa shape index (κ3) is 3.00. The predicted octanol–water partition coefficient (Wildman–Crippen LogP) is 1.64. The number of nitrogens with zero attached hydrogens (tertiary/aromatic N) is 1. The second kappa shape index (κ2) is 4.87. The highest BCUT2D eigenvalue weighted by atomic mass is 32.1. The molecule has 0 aliphatic heterocycles. The summed E-state index contributed by atoms with van der Waals surface area (Å²) in [6.07, 6.45) is 2.96. The van der Waals surface area contributed by atoms with Gasteiger partial charge in [-0.3, -0.25) is 4.79 Å². The Morgan fingerprint density at radius 1 is 1.75 bits per heavy atom. The molecule has 0 aliphatic carbocycles. The first kappa shape index (κ1) is 9.19. The monoisotopic (exact) mass is 185 g/mol. The van der Waals surface area contributed by atoms with E-state index in [0.29, 0.717) is 13.0 Å². The molecule has 0 fully saturated rings. The van der Waals surface area contributed by atoms with Crippen LogP contribution in [0.5, 0.6) is 0 Å². The zero-order valence-corrected chi connectivity index (χ0v) is 7.76. The van der Waals surface area contributed by atoms with Gasteiger partial charge in [0.1, 0.15) is 0 Å². The van der Waals surface area contributed by atoms with Gasteiger partial charge in [-0.15, -0.1) is 0 Å². The molecule has 1 heterocycles. The average Bonchev–Trinajstić information content (AvgIpc) is 2.53. The minimum atomic E-state index is -0.135. The standard InChI is InChI=1S/C8H11NO2S/c1-2-11-8(10)4-3-7-5-9-12-6-7/h5-6H,2-4H2,1H3. The number of rotatable bonds is 4. The summed E-state index contributed by atoms with van der Waals surface area (Å²) in [5.41, 5.74) is 1.10. The number of hydrogen-bond acceptors (Lipinski definition) is 4. The van der Waals surface area contributed by atoms with Crippen LogP contribution in [0.15, 0.2) is 11.6 Å². The SMILES string of the molecule is CCOC(=O)CCc1cnsc1. The van der Waals surface area contributed by atoms with Crippen LogP contribution in [0, 0.1) is 0 Å². The largest absolute Gasteiger partial charge is 0.466 e. The van der Waals surface area contributed by atoms with Crippen molar-refractivity contribution in [3.05, 3.63) is 17.1 Å². The summed E-state index contributed by atoms with van der Waals surface area (Å²) in [7, 11) is 0. The Labute approximate surface area is 75.5 Å². The molecule has 0 unspecified atom stereocenters. The first-order valence-electron chi connectivity index (χ1n) is 3.86. The van der Waals surface area contributed by atoms with E-state index in [2.05, 4.69) is 4.37 Å². The Kier molecular flexibility index (Phi) is 3.73. The highest BCUT2D eigenvalue weighted by Crippen LogP contribution is 2.05. The zero-order chi connectivity index (χ0) is 8.81. The summed E-state index contributed by atoms with van der Waals surface area (Å²) in [4.78, 5) is 10.9. The van der Waals surface area contributed by atoms with Crippen LogP contribution in [-0.4, -0.2) is 16.9 Å². The maximum absolute atomic E-state index is 10.9. The van der Waals surface area contributed by atoms with Crippen molar-refractivity contribution in [1.29, 1.82) is 0 Å². The molecule has 66 valence electrons. The molecule has 0 aliphatic rings. The fourth-order valence-electron chi connectivity index (χ4n) is 0.830. The lowest BCUT2D eigenvalue weighted by Crippen LogP contribution is -2.04. The third-order valence-corrected chi connectivity index (χ3v) is 2.04. The minimum Gasteiger partial charge on any atom is -0.466 e. The number of aromatic nitrogens is 1. The highest BCUT2D eigenvalue weighted by molar-refractivity contribution is 7.03. The van der Waals surface area contributed by atoms with E-state index in [9.17, 15) is 4.79 Å². The van der Waals surface area contributed by atoms with Gasteiger partial charge in [0.2, 0.25) is 0 Å². The van der Waals surface area contributed by atoms with Crippen molar-refractivity contribution in [2.75, 3.05) is 6.61 Å². The van der Waals surface area contributed by atoms with Crippen molar-refractivity contribution in [1.82, 2.24) is 4.37 Å². The van der Waals surface area contributed by atoms with E-state index in [0.717, 1.165) is 12.0 Å². The first-order chi connectivity index (χ1) is 5.83. The first-order valence-corrected chi connectivity index (χ1v) is 4.70. The van der Waals surface area contributed by atoms with Crippen molar-refractivity contribution in [3.63, 3.8) is 0 Å². The molecule has 0 spiro atoms. The molecule has 12 heavy (non-hydrogen) atoms. The number of carbonyl (C=O) groups is 1. The molecule has 1 aromatic rings. The van der Waals surface area contributed by atoms with Crippen LogP contribution < -0.4 is 0 Å². The summed E-state index contributed by atoms with van der Waals surface area (Å²) in [5, 5.41) is 1.94. The van der Waals surface area contributed by atoms with Crippen LogP contribution >= 0.6 is 11.5 Å². The van der Waals surface area contributed by atoms with E-state index in [1.54, 1.807) is 6.20 Å². The molecule has 0 bridgehead atoms. The van der Waals surface area contributed by atoms with Crippen molar-refractivity contribution in [2.45, 2.75) is 19.8 Å². The zero-order valence-electron chi connectivity index (χ0n) is 6.95. The van der Waals surface area contributed by atoms with Gasteiger partial charge in [-0.2, -0.15) is 0 Å². The van der Waals surface area contributed by atoms with Crippen molar-refractivity contribution in [2.24, 2.45) is 0 Å². The maximum Gasteiger partial charge on any atom is 0.306 e. The highest BCUT2D eigenvalue weighted by Gasteiger charge is 2.02. The Hall–Kier alpha value is -0.900. The second-order valence-electron chi connectivity index (χ2n) is 2.34. The van der Waals surface area contributed by atoms with Gasteiger partial charge < -0.3 is 4.74 Å². The molecule has 1 rings (SSSR count).